The van der Waals surface area contributed by atoms with Gasteiger partial charge in [0.2, 0.25) is 0 Å². The van der Waals surface area contributed by atoms with Crippen LogP contribution in [0.15, 0.2) is 12.3 Å². The van der Waals surface area contributed by atoms with Gasteiger partial charge in [0.1, 0.15) is 12.0 Å². The van der Waals surface area contributed by atoms with E-state index in [1.165, 1.54) is 6.07 Å². The van der Waals surface area contributed by atoms with E-state index in [0.717, 1.165) is 6.20 Å². The van der Waals surface area contributed by atoms with E-state index in [1.54, 1.807) is 4.90 Å². The predicted octanol–water partition coefficient (Wildman–Crippen LogP) is 2.08. The second-order valence-electron chi connectivity index (χ2n) is 5.33. The van der Waals surface area contributed by atoms with E-state index in [1.807, 2.05) is 27.7 Å². The fourth-order valence-electron chi connectivity index (χ4n) is 1.81. The molecule has 0 unspecified atom stereocenters. The van der Waals surface area contributed by atoms with Crippen molar-refractivity contribution in [3.8, 4) is 0 Å². The van der Waals surface area contributed by atoms with E-state index in [4.69, 9.17) is 5.73 Å². The Labute approximate surface area is 117 Å². The highest BCUT2D eigenvalue weighted by Crippen LogP contribution is 2.20. The maximum Gasteiger partial charge on any atom is 0.288 e. The Kier molecular flexibility index (Phi) is 5.01. The SMILES string of the molecule is CC(C)CN(C(=O)c1cc([N+](=O)[O-])cnc1N)C(C)C. The van der Waals surface area contributed by atoms with Crippen LogP contribution in [0.1, 0.15) is 38.1 Å². The van der Waals surface area contributed by atoms with Gasteiger partial charge in [-0.2, -0.15) is 0 Å². The molecule has 0 atom stereocenters. The van der Waals surface area contributed by atoms with Crippen molar-refractivity contribution in [3.05, 3.63) is 27.9 Å². The van der Waals surface area contributed by atoms with E-state index >= 15 is 0 Å². The zero-order chi connectivity index (χ0) is 15.4. The van der Waals surface area contributed by atoms with Gasteiger partial charge in [-0.3, -0.25) is 14.9 Å². The number of amides is 1. The summed E-state index contributed by atoms with van der Waals surface area (Å²) in [4.78, 5) is 28.0. The van der Waals surface area contributed by atoms with E-state index < -0.39 is 4.92 Å². The van der Waals surface area contributed by atoms with Crippen LogP contribution in [0.2, 0.25) is 0 Å². The van der Waals surface area contributed by atoms with Gasteiger partial charge in [0, 0.05) is 18.7 Å². The average Bonchev–Trinajstić information content (AvgIpc) is 2.34. The van der Waals surface area contributed by atoms with Crippen LogP contribution in [-0.4, -0.2) is 33.3 Å². The Morgan fingerprint density at radius 3 is 2.50 bits per heavy atom. The number of nitrogens with two attached hydrogens (primary N) is 1. The lowest BCUT2D eigenvalue weighted by atomic mass is 10.1. The van der Waals surface area contributed by atoms with Crippen LogP contribution >= 0.6 is 0 Å². The first-order valence-corrected chi connectivity index (χ1v) is 6.45. The summed E-state index contributed by atoms with van der Waals surface area (Å²) in [5.41, 5.74) is 5.52. The van der Waals surface area contributed by atoms with E-state index in [9.17, 15) is 14.9 Å². The van der Waals surface area contributed by atoms with Crippen LogP contribution in [0.25, 0.3) is 0 Å². The number of carbonyl (C=O) groups is 1. The summed E-state index contributed by atoms with van der Waals surface area (Å²) in [6, 6.07) is 1.16. The van der Waals surface area contributed by atoms with E-state index in [2.05, 4.69) is 4.98 Å². The summed E-state index contributed by atoms with van der Waals surface area (Å²) >= 11 is 0. The Morgan fingerprint density at radius 2 is 2.05 bits per heavy atom. The number of hydrogen-bond acceptors (Lipinski definition) is 5. The van der Waals surface area contributed by atoms with Crippen LogP contribution < -0.4 is 5.73 Å². The van der Waals surface area contributed by atoms with Crippen molar-refractivity contribution in [2.75, 3.05) is 12.3 Å². The lowest BCUT2D eigenvalue weighted by Crippen LogP contribution is -2.39. The summed E-state index contributed by atoms with van der Waals surface area (Å²) in [5.74, 6) is -0.0355. The highest BCUT2D eigenvalue weighted by Gasteiger charge is 2.24. The average molecular weight is 280 g/mol. The van der Waals surface area contributed by atoms with Crippen LogP contribution in [0.4, 0.5) is 11.5 Å². The van der Waals surface area contributed by atoms with E-state index in [-0.39, 0.29) is 34.9 Å². The summed E-state index contributed by atoms with van der Waals surface area (Å²) in [7, 11) is 0. The molecule has 110 valence electrons. The van der Waals surface area contributed by atoms with Gasteiger partial charge in [-0.25, -0.2) is 4.98 Å². The standard InChI is InChI=1S/C13H20N4O3/c1-8(2)7-16(9(3)4)13(18)11-5-10(17(19)20)6-15-12(11)14/h5-6,8-9H,7H2,1-4H3,(H2,14,15). The van der Waals surface area contributed by atoms with E-state index in [0.29, 0.717) is 6.54 Å². The van der Waals surface area contributed by atoms with Crippen molar-refractivity contribution in [2.24, 2.45) is 5.92 Å². The number of anilines is 1. The van der Waals surface area contributed by atoms with Gasteiger partial charge < -0.3 is 10.6 Å². The molecule has 1 aromatic rings. The highest BCUT2D eigenvalue weighted by atomic mass is 16.6. The summed E-state index contributed by atoms with van der Waals surface area (Å²) < 4.78 is 0. The maximum absolute atomic E-state index is 12.5. The largest absolute Gasteiger partial charge is 0.383 e. The molecule has 0 aliphatic rings. The first-order valence-electron chi connectivity index (χ1n) is 6.45. The van der Waals surface area contributed by atoms with Crippen molar-refractivity contribution >= 4 is 17.4 Å². The summed E-state index contributed by atoms with van der Waals surface area (Å²) in [6.45, 7) is 8.33. The van der Waals surface area contributed by atoms with Gasteiger partial charge in [0.15, 0.2) is 0 Å². The van der Waals surface area contributed by atoms with Crippen molar-refractivity contribution in [1.82, 2.24) is 9.88 Å². The van der Waals surface area contributed by atoms with Gasteiger partial charge in [-0.15, -0.1) is 0 Å². The number of rotatable bonds is 5. The number of nitrogens with zero attached hydrogens (tertiary/aromatic N) is 3. The first kappa shape index (κ1) is 15.9. The Morgan fingerprint density at radius 1 is 1.45 bits per heavy atom. The normalized spacial score (nSPS) is 10.9. The molecule has 0 saturated carbocycles. The molecule has 1 rings (SSSR count). The minimum Gasteiger partial charge on any atom is -0.383 e. The lowest BCUT2D eigenvalue weighted by Gasteiger charge is -2.28. The van der Waals surface area contributed by atoms with Crippen LogP contribution in [0, 0.1) is 16.0 Å². The molecule has 0 spiro atoms. The molecular formula is C13H20N4O3. The van der Waals surface area contributed by atoms with Crippen LogP contribution in [0.5, 0.6) is 0 Å². The number of pyridine rings is 1. The minimum atomic E-state index is -0.592. The number of nitrogen functional groups attached to an aromatic ring is 1. The third-order valence-corrected chi connectivity index (χ3v) is 2.79. The van der Waals surface area contributed by atoms with Crippen molar-refractivity contribution in [3.63, 3.8) is 0 Å². The lowest BCUT2D eigenvalue weighted by molar-refractivity contribution is -0.385. The van der Waals surface area contributed by atoms with Gasteiger partial charge in [0.25, 0.3) is 11.6 Å². The van der Waals surface area contributed by atoms with Crippen molar-refractivity contribution < 1.29 is 9.72 Å². The number of carbonyl (C=O) groups excluding carboxylic acids is 1. The topological polar surface area (TPSA) is 102 Å². The predicted molar refractivity (Wildman–Crippen MR) is 76.3 cm³/mol. The molecule has 0 aliphatic carbocycles. The number of nitro groups is 1. The molecule has 7 nitrogen and oxygen atoms in total. The highest BCUT2D eigenvalue weighted by molar-refractivity contribution is 5.99. The zero-order valence-corrected chi connectivity index (χ0v) is 12.2. The second-order valence-corrected chi connectivity index (χ2v) is 5.33. The molecule has 0 aliphatic heterocycles. The second kappa shape index (κ2) is 6.31. The Hall–Kier alpha value is -2.18. The molecule has 7 heteroatoms. The maximum atomic E-state index is 12.5. The third-order valence-electron chi connectivity index (χ3n) is 2.79. The van der Waals surface area contributed by atoms with Gasteiger partial charge in [0.05, 0.1) is 10.5 Å². The third kappa shape index (κ3) is 3.66. The molecule has 0 saturated heterocycles. The smallest absolute Gasteiger partial charge is 0.288 e. The monoisotopic (exact) mass is 280 g/mol. The summed E-state index contributed by atoms with van der Waals surface area (Å²) in [6.07, 6.45) is 1.05. The molecule has 1 amide bonds. The molecule has 20 heavy (non-hydrogen) atoms. The van der Waals surface area contributed by atoms with Crippen LogP contribution in [-0.2, 0) is 0 Å². The van der Waals surface area contributed by atoms with Gasteiger partial charge in [-0.05, 0) is 19.8 Å². The molecule has 0 radical (unpaired) electrons. The van der Waals surface area contributed by atoms with Crippen molar-refractivity contribution in [2.45, 2.75) is 33.7 Å². The van der Waals surface area contributed by atoms with Crippen LogP contribution in [0.3, 0.4) is 0 Å². The summed E-state index contributed by atoms with van der Waals surface area (Å²) in [5, 5.41) is 10.8. The molecule has 1 aromatic heterocycles. The molecule has 0 aromatic carbocycles. The first-order chi connectivity index (χ1) is 9.23. The van der Waals surface area contributed by atoms with Gasteiger partial charge >= 0.3 is 0 Å². The fourth-order valence-corrected chi connectivity index (χ4v) is 1.81. The Balaban J connectivity index is 3.17. The zero-order valence-electron chi connectivity index (χ0n) is 12.2. The number of hydrogen-bond donors (Lipinski definition) is 1. The van der Waals surface area contributed by atoms with Crippen molar-refractivity contribution in [1.29, 1.82) is 0 Å². The molecule has 2 N–H and O–H groups in total. The Bertz CT molecular complexity index is 514. The quantitative estimate of drug-likeness (QED) is 0.657. The molecule has 0 bridgehead atoms. The fraction of sp³-hybridized carbons (Fsp3) is 0.538. The number of aromatic nitrogens is 1. The molecule has 0 fully saturated rings. The minimum absolute atomic E-state index is 0.00926. The molecular weight excluding hydrogens is 260 g/mol. The van der Waals surface area contributed by atoms with Gasteiger partial charge in [-0.1, -0.05) is 13.8 Å². The molecule has 1 heterocycles.